The second kappa shape index (κ2) is 4.79. The minimum Gasteiger partial charge on any atom is -0.372 e. The van der Waals surface area contributed by atoms with Crippen molar-refractivity contribution in [3.05, 3.63) is 35.4 Å². The normalized spacial score (nSPS) is 19.7. The van der Waals surface area contributed by atoms with Crippen LogP contribution >= 0.6 is 0 Å². The summed E-state index contributed by atoms with van der Waals surface area (Å²) in [5.74, 6) is 0. The van der Waals surface area contributed by atoms with Crippen molar-refractivity contribution in [2.45, 2.75) is 45.9 Å². The standard InChI is InChI=1S/C15H23NO/c1-12-6-5-7-13(8-12)9-16(15(2,3)4)10-14-11-17-14/h5-8,14H,9-11H2,1-4H3. The van der Waals surface area contributed by atoms with Crippen molar-refractivity contribution in [2.24, 2.45) is 0 Å². The Hall–Kier alpha value is -0.860. The average molecular weight is 233 g/mol. The van der Waals surface area contributed by atoms with E-state index in [1.807, 2.05) is 0 Å². The molecule has 1 aromatic rings. The monoisotopic (exact) mass is 233 g/mol. The topological polar surface area (TPSA) is 15.8 Å². The molecule has 2 rings (SSSR count). The van der Waals surface area contributed by atoms with Crippen LogP contribution in [0.25, 0.3) is 0 Å². The predicted molar refractivity (Wildman–Crippen MR) is 71.1 cm³/mol. The molecule has 1 aliphatic heterocycles. The fourth-order valence-electron chi connectivity index (χ4n) is 2.03. The van der Waals surface area contributed by atoms with Crippen LogP contribution in [0.1, 0.15) is 31.9 Å². The van der Waals surface area contributed by atoms with Crippen molar-refractivity contribution in [3.63, 3.8) is 0 Å². The van der Waals surface area contributed by atoms with Crippen molar-refractivity contribution in [1.82, 2.24) is 4.90 Å². The van der Waals surface area contributed by atoms with Gasteiger partial charge in [0.2, 0.25) is 0 Å². The van der Waals surface area contributed by atoms with Gasteiger partial charge in [0.25, 0.3) is 0 Å². The van der Waals surface area contributed by atoms with Gasteiger partial charge in [-0.2, -0.15) is 0 Å². The molecule has 1 fully saturated rings. The number of aryl methyl sites for hydroxylation is 1. The highest BCUT2D eigenvalue weighted by molar-refractivity contribution is 5.22. The van der Waals surface area contributed by atoms with Gasteiger partial charge in [0, 0.05) is 18.6 Å². The molecule has 0 saturated carbocycles. The number of nitrogens with zero attached hydrogens (tertiary/aromatic N) is 1. The molecule has 94 valence electrons. The first kappa shape index (κ1) is 12.6. The van der Waals surface area contributed by atoms with E-state index in [-0.39, 0.29) is 5.54 Å². The molecule has 0 N–H and O–H groups in total. The van der Waals surface area contributed by atoms with Crippen LogP contribution in [0, 0.1) is 6.92 Å². The first-order valence-corrected chi connectivity index (χ1v) is 6.37. The van der Waals surface area contributed by atoms with Gasteiger partial charge in [-0.3, -0.25) is 4.90 Å². The molecule has 2 nitrogen and oxygen atoms in total. The first-order chi connectivity index (χ1) is 7.95. The van der Waals surface area contributed by atoms with E-state index in [1.165, 1.54) is 11.1 Å². The molecule has 0 amide bonds. The summed E-state index contributed by atoms with van der Waals surface area (Å²) < 4.78 is 5.35. The predicted octanol–water partition coefficient (Wildman–Crippen LogP) is 2.99. The molecule has 17 heavy (non-hydrogen) atoms. The van der Waals surface area contributed by atoms with Gasteiger partial charge in [-0.25, -0.2) is 0 Å². The van der Waals surface area contributed by atoms with E-state index in [2.05, 4.69) is 56.9 Å². The Labute approximate surface area is 105 Å². The Kier molecular flexibility index (Phi) is 3.55. The van der Waals surface area contributed by atoms with Gasteiger partial charge >= 0.3 is 0 Å². The molecular weight excluding hydrogens is 210 g/mol. The second-order valence-electron chi connectivity index (χ2n) is 6.00. The Morgan fingerprint density at radius 2 is 2.06 bits per heavy atom. The van der Waals surface area contributed by atoms with Crippen molar-refractivity contribution >= 4 is 0 Å². The van der Waals surface area contributed by atoms with Crippen LogP contribution in [0.2, 0.25) is 0 Å². The summed E-state index contributed by atoms with van der Waals surface area (Å²) in [6.45, 7) is 11.9. The van der Waals surface area contributed by atoms with Crippen LogP contribution in [0.4, 0.5) is 0 Å². The van der Waals surface area contributed by atoms with Gasteiger partial charge in [0.15, 0.2) is 0 Å². The fraction of sp³-hybridized carbons (Fsp3) is 0.600. The maximum Gasteiger partial charge on any atom is 0.0936 e. The minimum absolute atomic E-state index is 0.190. The summed E-state index contributed by atoms with van der Waals surface area (Å²) in [4.78, 5) is 2.50. The summed E-state index contributed by atoms with van der Waals surface area (Å²) in [7, 11) is 0. The number of benzene rings is 1. The number of rotatable bonds is 4. The summed E-state index contributed by atoms with van der Waals surface area (Å²) >= 11 is 0. The highest BCUT2D eigenvalue weighted by atomic mass is 16.6. The zero-order valence-corrected chi connectivity index (χ0v) is 11.4. The number of hydrogen-bond donors (Lipinski definition) is 0. The van der Waals surface area contributed by atoms with E-state index in [0.29, 0.717) is 6.10 Å². The van der Waals surface area contributed by atoms with E-state index in [0.717, 1.165) is 19.7 Å². The number of ether oxygens (including phenoxy) is 1. The Balaban J connectivity index is 2.05. The molecule has 1 aromatic carbocycles. The summed E-state index contributed by atoms with van der Waals surface area (Å²) in [6, 6.07) is 8.76. The SMILES string of the molecule is Cc1cccc(CN(CC2CO2)C(C)(C)C)c1. The third-order valence-corrected chi connectivity index (χ3v) is 3.23. The summed E-state index contributed by atoms with van der Waals surface area (Å²) in [6.07, 6.45) is 0.457. The molecule has 0 spiro atoms. The number of epoxide rings is 1. The van der Waals surface area contributed by atoms with E-state index in [1.54, 1.807) is 0 Å². The molecule has 1 saturated heterocycles. The van der Waals surface area contributed by atoms with E-state index >= 15 is 0 Å². The van der Waals surface area contributed by atoms with E-state index in [4.69, 9.17) is 4.74 Å². The quantitative estimate of drug-likeness (QED) is 0.743. The van der Waals surface area contributed by atoms with E-state index < -0.39 is 0 Å². The zero-order valence-electron chi connectivity index (χ0n) is 11.4. The van der Waals surface area contributed by atoms with Crippen LogP contribution in [0.3, 0.4) is 0 Å². The van der Waals surface area contributed by atoms with Gasteiger partial charge in [0.05, 0.1) is 12.7 Å². The summed E-state index contributed by atoms with van der Waals surface area (Å²) in [5.41, 5.74) is 2.91. The van der Waals surface area contributed by atoms with Crippen molar-refractivity contribution < 1.29 is 4.74 Å². The largest absolute Gasteiger partial charge is 0.372 e. The van der Waals surface area contributed by atoms with Crippen molar-refractivity contribution in [2.75, 3.05) is 13.2 Å². The van der Waals surface area contributed by atoms with E-state index in [9.17, 15) is 0 Å². The third-order valence-electron chi connectivity index (χ3n) is 3.23. The van der Waals surface area contributed by atoms with Crippen molar-refractivity contribution in [1.29, 1.82) is 0 Å². The lowest BCUT2D eigenvalue weighted by Gasteiger charge is -2.35. The fourth-order valence-corrected chi connectivity index (χ4v) is 2.03. The first-order valence-electron chi connectivity index (χ1n) is 6.37. The van der Waals surface area contributed by atoms with Crippen molar-refractivity contribution in [3.8, 4) is 0 Å². The lowest BCUT2D eigenvalue weighted by molar-refractivity contribution is 0.116. The second-order valence-corrected chi connectivity index (χ2v) is 6.00. The minimum atomic E-state index is 0.190. The van der Waals surface area contributed by atoms with Gasteiger partial charge in [0.1, 0.15) is 0 Å². The molecule has 1 unspecified atom stereocenters. The highest BCUT2D eigenvalue weighted by Crippen LogP contribution is 2.22. The molecule has 0 bridgehead atoms. The van der Waals surface area contributed by atoms with Crippen LogP contribution in [-0.2, 0) is 11.3 Å². The maximum absolute atomic E-state index is 5.35. The molecule has 2 heteroatoms. The lowest BCUT2D eigenvalue weighted by atomic mass is 10.0. The highest BCUT2D eigenvalue weighted by Gasteiger charge is 2.30. The van der Waals surface area contributed by atoms with Gasteiger partial charge in [-0.1, -0.05) is 29.8 Å². The van der Waals surface area contributed by atoms with Crippen LogP contribution < -0.4 is 0 Å². The van der Waals surface area contributed by atoms with Crippen LogP contribution in [0.5, 0.6) is 0 Å². The number of hydrogen-bond acceptors (Lipinski definition) is 2. The molecule has 1 heterocycles. The molecule has 1 aliphatic rings. The lowest BCUT2D eigenvalue weighted by Crippen LogP contribution is -2.43. The molecule has 1 atom stereocenters. The molecule has 0 aromatic heterocycles. The zero-order chi connectivity index (χ0) is 12.5. The third kappa shape index (κ3) is 3.83. The van der Waals surface area contributed by atoms with Gasteiger partial charge < -0.3 is 4.74 Å². The van der Waals surface area contributed by atoms with Gasteiger partial charge in [-0.05, 0) is 33.3 Å². The molecule has 0 radical (unpaired) electrons. The van der Waals surface area contributed by atoms with Gasteiger partial charge in [-0.15, -0.1) is 0 Å². The molecule has 0 aliphatic carbocycles. The smallest absolute Gasteiger partial charge is 0.0936 e. The Bertz CT molecular complexity index is 377. The summed E-state index contributed by atoms with van der Waals surface area (Å²) in [5, 5.41) is 0. The Morgan fingerprint density at radius 1 is 1.35 bits per heavy atom. The maximum atomic E-state index is 5.35. The van der Waals surface area contributed by atoms with Crippen LogP contribution in [-0.4, -0.2) is 29.7 Å². The average Bonchev–Trinajstić information content (AvgIpc) is 2.99. The molecular formula is C15H23NO. The Morgan fingerprint density at radius 3 is 2.59 bits per heavy atom. The van der Waals surface area contributed by atoms with Crippen LogP contribution in [0.15, 0.2) is 24.3 Å².